The van der Waals surface area contributed by atoms with Crippen molar-refractivity contribution < 1.29 is 14.6 Å². The number of anilines is 3. The van der Waals surface area contributed by atoms with Crippen LogP contribution in [0.15, 0.2) is 24.5 Å². The SMILES string of the molecule is COc1cc(C(O)CN2CCOCC2)ccc1Nc1nc(NC2CCCCC2)c2nc[nH]c2n1. The van der Waals surface area contributed by atoms with E-state index in [-0.39, 0.29) is 0 Å². The molecule has 0 spiro atoms. The molecular formula is C24H33N7O3. The molecule has 10 nitrogen and oxygen atoms in total. The molecule has 182 valence electrons. The number of morpholine rings is 1. The van der Waals surface area contributed by atoms with Gasteiger partial charge in [-0.2, -0.15) is 9.97 Å². The number of rotatable bonds is 8. The predicted molar refractivity (Wildman–Crippen MR) is 131 cm³/mol. The Morgan fingerprint density at radius 1 is 1.21 bits per heavy atom. The minimum absolute atomic E-state index is 0.401. The van der Waals surface area contributed by atoms with Gasteiger partial charge in [0.1, 0.15) is 11.3 Å². The second-order valence-electron chi connectivity index (χ2n) is 8.99. The van der Waals surface area contributed by atoms with Crippen LogP contribution in [0.3, 0.4) is 0 Å². The van der Waals surface area contributed by atoms with Gasteiger partial charge >= 0.3 is 0 Å². The number of ether oxygens (including phenoxy) is 2. The van der Waals surface area contributed by atoms with Crippen molar-refractivity contribution in [1.82, 2.24) is 24.8 Å². The van der Waals surface area contributed by atoms with E-state index in [2.05, 4.69) is 30.5 Å². The smallest absolute Gasteiger partial charge is 0.231 e. The predicted octanol–water partition coefficient (Wildman–Crippen LogP) is 3.22. The molecule has 3 aromatic rings. The summed E-state index contributed by atoms with van der Waals surface area (Å²) in [5.41, 5.74) is 2.95. The van der Waals surface area contributed by atoms with E-state index in [4.69, 9.17) is 14.5 Å². The average Bonchev–Trinajstić information content (AvgIpc) is 3.34. The van der Waals surface area contributed by atoms with Crippen LogP contribution in [0.2, 0.25) is 0 Å². The highest BCUT2D eigenvalue weighted by Gasteiger charge is 2.20. The molecule has 1 aliphatic carbocycles. The first kappa shape index (κ1) is 22.8. The summed E-state index contributed by atoms with van der Waals surface area (Å²) in [5, 5.41) is 17.6. The van der Waals surface area contributed by atoms with Gasteiger partial charge in [0.2, 0.25) is 5.95 Å². The Hall–Kier alpha value is -2.95. The van der Waals surface area contributed by atoms with Gasteiger partial charge in [0.25, 0.3) is 0 Å². The molecule has 10 heteroatoms. The lowest BCUT2D eigenvalue weighted by molar-refractivity contribution is 0.0143. The zero-order valence-corrected chi connectivity index (χ0v) is 19.6. The number of benzene rings is 1. The number of aliphatic hydroxyl groups excluding tert-OH is 1. The number of nitrogens with zero attached hydrogens (tertiary/aromatic N) is 4. The molecule has 2 aliphatic rings. The Bertz CT molecular complexity index is 1090. The number of aromatic nitrogens is 4. The Labute approximate surface area is 199 Å². The molecule has 1 atom stereocenters. The van der Waals surface area contributed by atoms with Gasteiger partial charge in [-0.1, -0.05) is 25.3 Å². The van der Waals surface area contributed by atoms with E-state index in [1.54, 1.807) is 13.4 Å². The second-order valence-corrected chi connectivity index (χ2v) is 8.99. The molecule has 34 heavy (non-hydrogen) atoms. The molecule has 0 amide bonds. The van der Waals surface area contributed by atoms with Crippen LogP contribution >= 0.6 is 0 Å². The van der Waals surface area contributed by atoms with E-state index in [1.807, 2.05) is 18.2 Å². The van der Waals surface area contributed by atoms with Crippen molar-refractivity contribution in [2.45, 2.75) is 44.2 Å². The number of fused-ring (bicyclic) bond motifs is 1. The van der Waals surface area contributed by atoms with E-state index >= 15 is 0 Å². The van der Waals surface area contributed by atoms with E-state index < -0.39 is 6.10 Å². The number of hydrogen-bond acceptors (Lipinski definition) is 9. The normalized spacial score (nSPS) is 18.6. The lowest BCUT2D eigenvalue weighted by Crippen LogP contribution is -2.38. The molecule has 0 bridgehead atoms. The van der Waals surface area contributed by atoms with Gasteiger partial charge in [0.15, 0.2) is 11.5 Å². The zero-order chi connectivity index (χ0) is 23.3. The number of aliphatic hydroxyl groups is 1. The van der Waals surface area contributed by atoms with Crippen molar-refractivity contribution in [3.05, 3.63) is 30.1 Å². The Kier molecular flexibility index (Phi) is 7.08. The van der Waals surface area contributed by atoms with Crippen LogP contribution in [0.25, 0.3) is 11.2 Å². The monoisotopic (exact) mass is 467 g/mol. The third kappa shape index (κ3) is 5.24. The highest BCUT2D eigenvalue weighted by atomic mass is 16.5. The Morgan fingerprint density at radius 2 is 2.03 bits per heavy atom. The standard InChI is InChI=1S/C24H33N7O3/c1-33-20-13-16(19(32)14-31-9-11-34-12-10-31)7-8-18(20)28-24-29-22-21(25-15-26-22)23(30-24)27-17-5-3-2-4-6-17/h7-8,13,15,17,19,32H,2-6,9-12,14H2,1H3,(H3,25,26,27,28,29,30). The van der Waals surface area contributed by atoms with Gasteiger partial charge in [0, 0.05) is 25.7 Å². The van der Waals surface area contributed by atoms with Crippen molar-refractivity contribution in [3.8, 4) is 5.75 Å². The maximum Gasteiger partial charge on any atom is 0.231 e. The number of aromatic amines is 1. The number of hydrogen-bond donors (Lipinski definition) is 4. The van der Waals surface area contributed by atoms with Gasteiger partial charge in [-0.25, -0.2) is 4.98 Å². The topological polar surface area (TPSA) is 120 Å². The molecule has 5 rings (SSSR count). The molecule has 1 aliphatic heterocycles. The molecular weight excluding hydrogens is 434 g/mol. The first-order valence-electron chi connectivity index (χ1n) is 12.1. The van der Waals surface area contributed by atoms with Gasteiger partial charge in [-0.15, -0.1) is 0 Å². The average molecular weight is 468 g/mol. The van der Waals surface area contributed by atoms with Crippen LogP contribution in [0.4, 0.5) is 17.5 Å². The number of nitrogens with one attached hydrogen (secondary N) is 3. The summed E-state index contributed by atoms with van der Waals surface area (Å²) in [6.07, 6.45) is 7.08. The first-order valence-corrected chi connectivity index (χ1v) is 12.1. The zero-order valence-electron chi connectivity index (χ0n) is 19.6. The van der Waals surface area contributed by atoms with Gasteiger partial charge in [0.05, 0.1) is 38.4 Å². The highest BCUT2D eigenvalue weighted by Crippen LogP contribution is 2.32. The number of H-pyrrole nitrogens is 1. The fourth-order valence-corrected chi connectivity index (χ4v) is 4.71. The summed E-state index contributed by atoms with van der Waals surface area (Å²) in [4.78, 5) is 19.0. The third-order valence-electron chi connectivity index (χ3n) is 6.62. The number of methoxy groups -OCH3 is 1. The van der Waals surface area contributed by atoms with Crippen LogP contribution in [-0.2, 0) is 4.74 Å². The fraction of sp³-hybridized carbons (Fsp3) is 0.542. The van der Waals surface area contributed by atoms with Crippen LogP contribution in [0.5, 0.6) is 5.75 Å². The first-order chi connectivity index (χ1) is 16.7. The molecule has 1 saturated heterocycles. The molecule has 0 radical (unpaired) electrons. The molecule has 1 aromatic carbocycles. The molecule has 2 aromatic heterocycles. The minimum atomic E-state index is -0.607. The van der Waals surface area contributed by atoms with Crippen molar-refractivity contribution in [2.75, 3.05) is 50.6 Å². The molecule has 4 N–H and O–H groups in total. The quantitative estimate of drug-likeness (QED) is 0.396. The van der Waals surface area contributed by atoms with Crippen molar-refractivity contribution in [3.63, 3.8) is 0 Å². The summed E-state index contributed by atoms with van der Waals surface area (Å²) < 4.78 is 11.0. The van der Waals surface area contributed by atoms with Crippen LogP contribution in [0.1, 0.15) is 43.8 Å². The molecule has 1 saturated carbocycles. The van der Waals surface area contributed by atoms with Crippen LogP contribution in [-0.4, -0.2) is 75.9 Å². The molecule has 1 unspecified atom stereocenters. The van der Waals surface area contributed by atoms with Gasteiger partial charge in [-0.05, 0) is 30.5 Å². The summed E-state index contributed by atoms with van der Waals surface area (Å²) in [6, 6.07) is 6.07. The molecule has 2 fully saturated rings. The van der Waals surface area contributed by atoms with E-state index in [0.29, 0.717) is 43.1 Å². The van der Waals surface area contributed by atoms with Crippen LogP contribution in [0, 0.1) is 0 Å². The third-order valence-corrected chi connectivity index (χ3v) is 6.62. The van der Waals surface area contributed by atoms with E-state index in [0.717, 1.165) is 48.5 Å². The minimum Gasteiger partial charge on any atom is -0.495 e. The highest BCUT2D eigenvalue weighted by molar-refractivity contribution is 5.84. The maximum atomic E-state index is 10.8. The van der Waals surface area contributed by atoms with Gasteiger partial charge < -0.3 is 30.2 Å². The second kappa shape index (κ2) is 10.5. The van der Waals surface area contributed by atoms with E-state index in [1.165, 1.54) is 19.3 Å². The van der Waals surface area contributed by atoms with Crippen molar-refractivity contribution >= 4 is 28.6 Å². The maximum absolute atomic E-state index is 10.8. The van der Waals surface area contributed by atoms with Crippen molar-refractivity contribution in [1.29, 1.82) is 0 Å². The fourth-order valence-electron chi connectivity index (χ4n) is 4.71. The Morgan fingerprint density at radius 3 is 2.82 bits per heavy atom. The van der Waals surface area contributed by atoms with Gasteiger partial charge in [-0.3, -0.25) is 4.90 Å². The van der Waals surface area contributed by atoms with Crippen molar-refractivity contribution in [2.24, 2.45) is 0 Å². The summed E-state index contributed by atoms with van der Waals surface area (Å²) in [5.74, 6) is 1.81. The lowest BCUT2D eigenvalue weighted by Gasteiger charge is -2.28. The number of imidazole rings is 1. The Balaban J connectivity index is 1.34. The molecule has 3 heterocycles. The summed E-state index contributed by atoms with van der Waals surface area (Å²) in [6.45, 7) is 3.64. The largest absolute Gasteiger partial charge is 0.495 e. The van der Waals surface area contributed by atoms with Crippen LogP contribution < -0.4 is 15.4 Å². The van der Waals surface area contributed by atoms with E-state index in [9.17, 15) is 5.11 Å². The lowest BCUT2D eigenvalue weighted by atomic mass is 9.95. The summed E-state index contributed by atoms with van der Waals surface area (Å²) in [7, 11) is 1.62. The summed E-state index contributed by atoms with van der Waals surface area (Å²) >= 11 is 0. The number of β-amino-alcohol motifs (C(OH)–C–C–N with tert-alkyl or cyclic N) is 1.